The van der Waals surface area contributed by atoms with Gasteiger partial charge >= 0.3 is 0 Å². The van der Waals surface area contributed by atoms with E-state index in [4.69, 9.17) is 5.73 Å². The summed E-state index contributed by atoms with van der Waals surface area (Å²) in [4.78, 5) is 13.5. The summed E-state index contributed by atoms with van der Waals surface area (Å²) >= 11 is 0. The highest BCUT2D eigenvalue weighted by Gasteiger charge is 2.53. The van der Waals surface area contributed by atoms with Gasteiger partial charge in [-0.15, -0.1) is 0 Å². The lowest BCUT2D eigenvalue weighted by Gasteiger charge is -2.45. The molecule has 6 heteroatoms. The van der Waals surface area contributed by atoms with Gasteiger partial charge < -0.3 is 10.6 Å². The highest BCUT2D eigenvalue weighted by atomic mass is 16.2. The molecule has 0 spiro atoms. The first-order valence-electron chi connectivity index (χ1n) is 8.01. The summed E-state index contributed by atoms with van der Waals surface area (Å²) < 4.78 is 0. The van der Waals surface area contributed by atoms with E-state index in [1.54, 1.807) is 4.90 Å². The molecule has 2 aliphatic rings. The van der Waals surface area contributed by atoms with Gasteiger partial charge in [-0.1, -0.05) is 19.9 Å². The van der Waals surface area contributed by atoms with Gasteiger partial charge in [0.1, 0.15) is 6.07 Å². The highest BCUT2D eigenvalue weighted by Crippen LogP contribution is 2.51. The molecule has 1 aliphatic heterocycles. The molecular weight excluding hydrogens is 302 g/mol. The van der Waals surface area contributed by atoms with Crippen LogP contribution in [0.4, 0.5) is 0 Å². The van der Waals surface area contributed by atoms with Crippen LogP contribution in [0.15, 0.2) is 22.9 Å². The largest absolute Gasteiger partial charge is 0.399 e. The standard InChI is InChI=1S/C18H21N5O/c1-11(2)6-16-15-8-23(12(3)24)5-4-13(15)14(7-19)17(22)18(16,9-20)10-21/h4,11,15-16H,5-6,8,22H2,1-3H3. The number of hydrogen-bond donors (Lipinski definition) is 1. The number of nitriles is 3. The van der Waals surface area contributed by atoms with Crippen molar-refractivity contribution >= 4 is 5.91 Å². The lowest BCUT2D eigenvalue weighted by atomic mass is 9.58. The van der Waals surface area contributed by atoms with Crippen LogP contribution in [-0.4, -0.2) is 23.9 Å². The van der Waals surface area contributed by atoms with E-state index >= 15 is 0 Å². The third-order valence-electron chi connectivity index (χ3n) is 5.01. The maximum absolute atomic E-state index is 11.8. The molecule has 124 valence electrons. The molecule has 0 aromatic carbocycles. The molecule has 0 saturated heterocycles. The number of amides is 1. The third-order valence-corrected chi connectivity index (χ3v) is 5.01. The van der Waals surface area contributed by atoms with Gasteiger partial charge in [-0.2, -0.15) is 15.8 Å². The Balaban J connectivity index is 2.69. The molecular formula is C18H21N5O. The maximum atomic E-state index is 11.8. The summed E-state index contributed by atoms with van der Waals surface area (Å²) in [7, 11) is 0. The molecule has 2 unspecified atom stereocenters. The van der Waals surface area contributed by atoms with E-state index in [-0.39, 0.29) is 34.9 Å². The predicted octanol–water partition coefficient (Wildman–Crippen LogP) is 1.84. The van der Waals surface area contributed by atoms with Crippen molar-refractivity contribution in [2.45, 2.75) is 27.2 Å². The van der Waals surface area contributed by atoms with Crippen molar-refractivity contribution in [3.8, 4) is 18.2 Å². The van der Waals surface area contributed by atoms with E-state index < -0.39 is 5.41 Å². The maximum Gasteiger partial charge on any atom is 0.219 e. The first-order chi connectivity index (χ1) is 11.3. The molecule has 0 fully saturated rings. The first kappa shape index (κ1) is 17.6. The highest BCUT2D eigenvalue weighted by molar-refractivity contribution is 5.74. The molecule has 6 nitrogen and oxygen atoms in total. The summed E-state index contributed by atoms with van der Waals surface area (Å²) in [6.07, 6.45) is 2.46. The third kappa shape index (κ3) is 2.53. The summed E-state index contributed by atoms with van der Waals surface area (Å²) in [6, 6.07) is 6.25. The van der Waals surface area contributed by atoms with Crippen molar-refractivity contribution in [2.75, 3.05) is 13.1 Å². The minimum absolute atomic E-state index is 0.0550. The molecule has 1 heterocycles. The Kier molecular flexibility index (Phi) is 4.67. The minimum atomic E-state index is -1.53. The van der Waals surface area contributed by atoms with E-state index in [2.05, 4.69) is 18.2 Å². The van der Waals surface area contributed by atoms with E-state index in [0.29, 0.717) is 19.5 Å². The number of nitrogens with zero attached hydrogens (tertiary/aromatic N) is 4. The Morgan fingerprint density at radius 3 is 2.50 bits per heavy atom. The average Bonchev–Trinajstić information content (AvgIpc) is 2.55. The zero-order chi connectivity index (χ0) is 18.1. The summed E-state index contributed by atoms with van der Waals surface area (Å²) in [5.41, 5.74) is 5.68. The van der Waals surface area contributed by atoms with Gasteiger partial charge in [-0.25, -0.2) is 0 Å². The van der Waals surface area contributed by atoms with Gasteiger partial charge in [0.25, 0.3) is 0 Å². The van der Waals surface area contributed by atoms with Crippen molar-refractivity contribution in [1.29, 1.82) is 15.8 Å². The summed E-state index contributed by atoms with van der Waals surface area (Å²) in [5, 5.41) is 29.1. The van der Waals surface area contributed by atoms with Gasteiger partial charge in [-0.3, -0.25) is 4.79 Å². The molecule has 0 aromatic rings. The van der Waals surface area contributed by atoms with Gasteiger partial charge in [0.2, 0.25) is 5.91 Å². The van der Waals surface area contributed by atoms with Crippen LogP contribution in [0.1, 0.15) is 27.2 Å². The van der Waals surface area contributed by atoms with Gasteiger partial charge in [0.15, 0.2) is 5.41 Å². The molecule has 24 heavy (non-hydrogen) atoms. The van der Waals surface area contributed by atoms with Crippen molar-refractivity contribution < 1.29 is 4.79 Å². The second-order valence-electron chi connectivity index (χ2n) is 6.86. The molecule has 1 aliphatic carbocycles. The van der Waals surface area contributed by atoms with Crippen LogP contribution in [0.25, 0.3) is 0 Å². The molecule has 2 atom stereocenters. The van der Waals surface area contributed by atoms with Gasteiger partial charge in [0, 0.05) is 31.8 Å². The quantitative estimate of drug-likeness (QED) is 0.831. The number of allylic oxidation sites excluding steroid dienone is 2. The van der Waals surface area contributed by atoms with Gasteiger partial charge in [-0.05, 0) is 17.9 Å². The fraction of sp³-hybridized carbons (Fsp3) is 0.556. The average molecular weight is 323 g/mol. The van der Waals surface area contributed by atoms with Crippen LogP contribution in [-0.2, 0) is 4.79 Å². The fourth-order valence-corrected chi connectivity index (χ4v) is 3.80. The monoisotopic (exact) mass is 323 g/mol. The molecule has 1 amide bonds. The number of rotatable bonds is 2. The second kappa shape index (κ2) is 6.38. The minimum Gasteiger partial charge on any atom is -0.399 e. The molecule has 0 saturated carbocycles. The fourth-order valence-electron chi connectivity index (χ4n) is 3.80. The molecule has 0 aromatic heterocycles. The van der Waals surface area contributed by atoms with Crippen LogP contribution in [0.5, 0.6) is 0 Å². The Hall–Kier alpha value is -2.78. The van der Waals surface area contributed by atoms with Crippen LogP contribution in [0.2, 0.25) is 0 Å². The van der Waals surface area contributed by atoms with Crippen molar-refractivity contribution in [3.63, 3.8) is 0 Å². The molecule has 0 bridgehead atoms. The SMILES string of the molecule is CC(=O)N1CC=C2C(C#N)=C(N)C(C#N)(C#N)C(CC(C)C)C2C1. The van der Waals surface area contributed by atoms with E-state index in [9.17, 15) is 20.6 Å². The number of carbonyl (C=O) groups is 1. The van der Waals surface area contributed by atoms with Crippen LogP contribution < -0.4 is 5.73 Å². The number of fused-ring (bicyclic) bond motifs is 1. The molecule has 2 N–H and O–H groups in total. The second-order valence-corrected chi connectivity index (χ2v) is 6.86. The number of hydrogen-bond acceptors (Lipinski definition) is 5. The van der Waals surface area contributed by atoms with E-state index in [1.165, 1.54) is 6.92 Å². The normalized spacial score (nSPS) is 25.2. The number of carbonyl (C=O) groups excluding carboxylic acids is 1. The summed E-state index contributed by atoms with van der Waals surface area (Å²) in [5.74, 6) is -0.389. The van der Waals surface area contributed by atoms with E-state index in [1.807, 2.05) is 19.9 Å². The topological polar surface area (TPSA) is 118 Å². The van der Waals surface area contributed by atoms with Crippen molar-refractivity contribution in [2.24, 2.45) is 28.9 Å². The Labute approximate surface area is 142 Å². The predicted molar refractivity (Wildman–Crippen MR) is 87.3 cm³/mol. The van der Waals surface area contributed by atoms with Crippen LogP contribution in [0.3, 0.4) is 0 Å². The van der Waals surface area contributed by atoms with E-state index in [0.717, 1.165) is 5.57 Å². The summed E-state index contributed by atoms with van der Waals surface area (Å²) in [6.45, 7) is 6.36. The van der Waals surface area contributed by atoms with Crippen molar-refractivity contribution in [3.05, 3.63) is 22.9 Å². The smallest absolute Gasteiger partial charge is 0.219 e. The van der Waals surface area contributed by atoms with Crippen LogP contribution in [0, 0.1) is 57.2 Å². The van der Waals surface area contributed by atoms with Crippen molar-refractivity contribution in [1.82, 2.24) is 4.90 Å². The Morgan fingerprint density at radius 1 is 1.42 bits per heavy atom. The van der Waals surface area contributed by atoms with Crippen LogP contribution >= 0.6 is 0 Å². The first-order valence-corrected chi connectivity index (χ1v) is 8.01. The zero-order valence-corrected chi connectivity index (χ0v) is 14.2. The Bertz CT molecular complexity index is 727. The van der Waals surface area contributed by atoms with Gasteiger partial charge in [0.05, 0.1) is 23.4 Å². The molecule has 0 radical (unpaired) electrons. The lowest BCUT2D eigenvalue weighted by molar-refractivity contribution is -0.129. The zero-order valence-electron chi connectivity index (χ0n) is 14.2. The molecule has 2 rings (SSSR count). The lowest BCUT2D eigenvalue weighted by Crippen LogP contribution is -2.50. The Morgan fingerprint density at radius 2 is 2.04 bits per heavy atom. The number of nitrogens with two attached hydrogens (primary N) is 1.